The molecular formula is C28H26FNO7S3. The lowest BCUT2D eigenvalue weighted by molar-refractivity contribution is -0.138. The van der Waals surface area contributed by atoms with Gasteiger partial charge in [0.05, 0.1) is 41.2 Å². The fourth-order valence-electron chi connectivity index (χ4n) is 4.27. The van der Waals surface area contributed by atoms with Gasteiger partial charge in [-0.05, 0) is 51.1 Å². The Kier molecular flexibility index (Phi) is 8.91. The van der Waals surface area contributed by atoms with Gasteiger partial charge in [0.2, 0.25) is 0 Å². The quantitative estimate of drug-likeness (QED) is 0.229. The van der Waals surface area contributed by atoms with Crippen molar-refractivity contribution >= 4 is 69.7 Å². The Morgan fingerprint density at radius 1 is 0.950 bits per heavy atom. The smallest absolute Gasteiger partial charge is 0.346 e. The Hall–Kier alpha value is -3.35. The maximum atomic E-state index is 13.8. The third-order valence-corrected chi connectivity index (χ3v) is 9.36. The van der Waals surface area contributed by atoms with E-state index in [0.717, 1.165) is 23.5 Å². The molecule has 4 rings (SSSR count). The van der Waals surface area contributed by atoms with Gasteiger partial charge in [-0.15, -0.1) is 0 Å². The van der Waals surface area contributed by atoms with Crippen LogP contribution in [0.15, 0.2) is 56.5 Å². The Bertz CT molecular complexity index is 1420. The van der Waals surface area contributed by atoms with Crippen LogP contribution in [0.5, 0.6) is 11.5 Å². The molecule has 2 aromatic rings. The molecule has 2 heterocycles. The minimum absolute atomic E-state index is 0.0937. The van der Waals surface area contributed by atoms with Crippen molar-refractivity contribution in [2.75, 3.05) is 32.3 Å². The molecule has 2 aliphatic rings. The summed E-state index contributed by atoms with van der Waals surface area (Å²) >= 11 is 8.12. The van der Waals surface area contributed by atoms with E-state index in [1.807, 2.05) is 6.92 Å². The van der Waals surface area contributed by atoms with Crippen molar-refractivity contribution in [1.82, 2.24) is 0 Å². The van der Waals surface area contributed by atoms with Gasteiger partial charge in [-0.2, -0.15) is 0 Å². The van der Waals surface area contributed by atoms with E-state index in [9.17, 15) is 18.8 Å². The van der Waals surface area contributed by atoms with Gasteiger partial charge in [0, 0.05) is 11.1 Å². The first kappa shape index (κ1) is 29.6. The predicted molar refractivity (Wildman–Crippen MR) is 157 cm³/mol. The number of thioether (sulfide) groups is 2. The molecule has 0 bridgehead atoms. The minimum atomic E-state index is -1.05. The molecule has 210 valence electrons. The molecule has 0 atom stereocenters. The second kappa shape index (κ2) is 12.0. The highest BCUT2D eigenvalue weighted by Crippen LogP contribution is 2.57. The summed E-state index contributed by atoms with van der Waals surface area (Å²) in [5.74, 6) is -1.38. The van der Waals surface area contributed by atoms with Crippen LogP contribution < -0.4 is 14.4 Å². The van der Waals surface area contributed by atoms with E-state index in [2.05, 4.69) is 0 Å². The van der Waals surface area contributed by atoms with Crippen LogP contribution in [0.3, 0.4) is 0 Å². The van der Waals surface area contributed by atoms with Crippen LogP contribution >= 0.6 is 35.7 Å². The number of fused-ring (bicyclic) bond motifs is 1. The van der Waals surface area contributed by atoms with Gasteiger partial charge in [0.25, 0.3) is 5.91 Å². The fraction of sp³-hybridized carbons (Fsp3) is 0.286. The van der Waals surface area contributed by atoms with Crippen LogP contribution in [-0.2, 0) is 23.9 Å². The van der Waals surface area contributed by atoms with Crippen molar-refractivity contribution in [2.24, 2.45) is 0 Å². The first-order valence-corrected chi connectivity index (χ1v) is 14.1. The molecule has 12 heteroatoms. The van der Waals surface area contributed by atoms with E-state index in [-0.39, 0.29) is 16.4 Å². The molecule has 0 fully saturated rings. The molecule has 0 radical (unpaired) electrons. The topological polar surface area (TPSA) is 91.4 Å². The summed E-state index contributed by atoms with van der Waals surface area (Å²) < 4.78 is 35.3. The fourth-order valence-corrected chi connectivity index (χ4v) is 7.30. The van der Waals surface area contributed by atoms with Crippen LogP contribution in [0.25, 0.3) is 5.57 Å². The standard InChI is InChI=1S/C28H26FNO7S3/c1-6-36-18-9-7-8-17-20(27-39-22(25(32)34-4)23(40-27)26(33)35-5)24(38)28(2,3)30(21(17)18)19(31)14-37-16-12-10-15(29)11-13-16/h7-13H,6,14H2,1-5H3. The highest BCUT2D eigenvalue weighted by atomic mass is 32.2. The van der Waals surface area contributed by atoms with Crippen molar-refractivity contribution in [2.45, 2.75) is 26.3 Å². The minimum Gasteiger partial charge on any atom is -0.492 e. The normalized spacial score (nSPS) is 16.1. The number of benzene rings is 2. The highest BCUT2D eigenvalue weighted by molar-refractivity contribution is 8.29. The van der Waals surface area contributed by atoms with E-state index < -0.39 is 29.2 Å². The van der Waals surface area contributed by atoms with Crippen LogP contribution in [0.1, 0.15) is 26.3 Å². The van der Waals surface area contributed by atoms with E-state index >= 15 is 0 Å². The number of esters is 2. The largest absolute Gasteiger partial charge is 0.492 e. The van der Waals surface area contributed by atoms with Crippen molar-refractivity contribution in [3.63, 3.8) is 0 Å². The average Bonchev–Trinajstić information content (AvgIpc) is 3.38. The van der Waals surface area contributed by atoms with Gasteiger partial charge in [-0.25, -0.2) is 14.0 Å². The SMILES string of the molecule is CCOc1cccc2c1N(C(=O)COc1ccc(F)cc1)C(C)(C)C(=S)C2=C1SC(C(=O)OC)=C(C(=O)OC)S1. The van der Waals surface area contributed by atoms with Crippen LogP contribution in [0.2, 0.25) is 0 Å². The van der Waals surface area contributed by atoms with Crippen LogP contribution in [0.4, 0.5) is 10.1 Å². The zero-order valence-corrected chi connectivity index (χ0v) is 24.8. The molecule has 8 nitrogen and oxygen atoms in total. The lowest BCUT2D eigenvalue weighted by Gasteiger charge is -2.45. The third-order valence-electron chi connectivity index (χ3n) is 6.10. The summed E-state index contributed by atoms with van der Waals surface area (Å²) in [6, 6.07) is 10.7. The molecule has 0 aromatic heterocycles. The van der Waals surface area contributed by atoms with Gasteiger partial charge in [-0.1, -0.05) is 47.9 Å². The molecule has 2 aliphatic heterocycles. The first-order chi connectivity index (χ1) is 19.0. The number of rotatable bonds is 7. The molecule has 0 aliphatic carbocycles. The number of halogens is 1. The Morgan fingerprint density at radius 2 is 1.55 bits per heavy atom. The molecular weight excluding hydrogens is 578 g/mol. The van der Waals surface area contributed by atoms with Crippen molar-refractivity contribution in [3.8, 4) is 11.5 Å². The predicted octanol–water partition coefficient (Wildman–Crippen LogP) is 5.50. The molecule has 0 saturated heterocycles. The second-order valence-electron chi connectivity index (χ2n) is 8.95. The summed E-state index contributed by atoms with van der Waals surface area (Å²) in [5, 5.41) is 0. The number of nitrogens with zero attached hydrogens (tertiary/aromatic N) is 1. The second-order valence-corrected chi connectivity index (χ2v) is 11.7. The van der Waals surface area contributed by atoms with E-state index in [1.54, 1.807) is 36.9 Å². The Labute approximate surface area is 244 Å². The first-order valence-electron chi connectivity index (χ1n) is 12.1. The van der Waals surface area contributed by atoms with Crippen molar-refractivity contribution in [3.05, 3.63) is 67.9 Å². The Balaban J connectivity index is 1.83. The summed E-state index contributed by atoms with van der Waals surface area (Å²) in [5.41, 5.74) is 0.610. The summed E-state index contributed by atoms with van der Waals surface area (Å²) in [7, 11) is 2.46. The monoisotopic (exact) mass is 603 g/mol. The molecule has 40 heavy (non-hydrogen) atoms. The van der Waals surface area contributed by atoms with Crippen LogP contribution in [-0.4, -0.2) is 55.7 Å². The number of hydrogen-bond acceptors (Lipinski definition) is 10. The summed E-state index contributed by atoms with van der Waals surface area (Å²) in [6.07, 6.45) is 0. The lowest BCUT2D eigenvalue weighted by atomic mass is 9.83. The number of para-hydroxylation sites is 1. The van der Waals surface area contributed by atoms with Crippen LogP contribution in [0, 0.1) is 5.82 Å². The van der Waals surface area contributed by atoms with Gasteiger partial charge >= 0.3 is 11.9 Å². The Morgan fingerprint density at radius 3 is 2.10 bits per heavy atom. The van der Waals surface area contributed by atoms with E-state index in [4.69, 9.17) is 31.2 Å². The van der Waals surface area contributed by atoms with Gasteiger partial charge in [-0.3, -0.25) is 9.69 Å². The number of amides is 1. The highest BCUT2D eigenvalue weighted by Gasteiger charge is 2.47. The summed E-state index contributed by atoms with van der Waals surface area (Å²) in [4.78, 5) is 41.0. The maximum Gasteiger partial charge on any atom is 0.346 e. The molecule has 1 amide bonds. The zero-order chi connectivity index (χ0) is 29.2. The van der Waals surface area contributed by atoms with E-state index in [1.165, 1.54) is 38.5 Å². The van der Waals surface area contributed by atoms with E-state index in [0.29, 0.717) is 44.0 Å². The van der Waals surface area contributed by atoms with Gasteiger partial charge in [0.15, 0.2) is 6.61 Å². The molecule has 2 aromatic carbocycles. The number of thiocarbonyl (C=S) groups is 1. The molecule has 0 spiro atoms. The number of hydrogen-bond donors (Lipinski definition) is 0. The summed E-state index contributed by atoms with van der Waals surface area (Å²) in [6.45, 7) is 5.44. The van der Waals surface area contributed by atoms with Gasteiger partial charge in [0.1, 0.15) is 27.1 Å². The third kappa shape index (κ3) is 5.48. The van der Waals surface area contributed by atoms with Crippen molar-refractivity contribution < 1.29 is 37.7 Å². The molecule has 0 N–H and O–H groups in total. The number of methoxy groups -OCH3 is 2. The number of carbonyl (C=O) groups is 3. The van der Waals surface area contributed by atoms with Gasteiger partial charge < -0.3 is 18.9 Å². The molecule has 0 unspecified atom stereocenters. The molecule has 0 saturated carbocycles. The number of ether oxygens (including phenoxy) is 4. The van der Waals surface area contributed by atoms with Crippen molar-refractivity contribution in [1.29, 1.82) is 0 Å². The number of anilines is 1. The average molecular weight is 604 g/mol. The number of carbonyl (C=O) groups excluding carboxylic acids is 3. The zero-order valence-electron chi connectivity index (χ0n) is 22.4. The maximum absolute atomic E-state index is 13.8. The lowest BCUT2D eigenvalue weighted by Crippen LogP contribution is -2.57.